The Morgan fingerprint density at radius 2 is 1.71 bits per heavy atom. The van der Waals surface area contributed by atoms with Gasteiger partial charge < -0.3 is 9.84 Å². The second-order valence-corrected chi connectivity index (χ2v) is 4.23. The van der Waals surface area contributed by atoms with E-state index < -0.39 is 0 Å². The van der Waals surface area contributed by atoms with Crippen molar-refractivity contribution >= 4 is 11.6 Å². The van der Waals surface area contributed by atoms with Crippen LogP contribution in [0.1, 0.15) is 11.1 Å². The average molecular weight is 249 g/mol. The highest BCUT2D eigenvalue weighted by atomic mass is 35.5. The highest BCUT2D eigenvalue weighted by Crippen LogP contribution is 2.26. The first kappa shape index (κ1) is 12.0. The third-order valence-corrected chi connectivity index (χ3v) is 2.80. The first-order valence-electron chi connectivity index (χ1n) is 5.33. The predicted octanol–water partition coefficient (Wildman–Crippen LogP) is 3.93. The lowest BCUT2D eigenvalue weighted by Crippen LogP contribution is -1.88. The highest BCUT2D eigenvalue weighted by molar-refractivity contribution is 6.31. The van der Waals surface area contributed by atoms with Crippen LogP contribution in [0.25, 0.3) is 0 Å². The fourth-order valence-electron chi connectivity index (χ4n) is 1.46. The van der Waals surface area contributed by atoms with Gasteiger partial charge in [-0.15, -0.1) is 0 Å². The van der Waals surface area contributed by atoms with Crippen LogP contribution in [0.5, 0.6) is 11.5 Å². The summed E-state index contributed by atoms with van der Waals surface area (Å²) in [6, 6.07) is 13.0. The summed E-state index contributed by atoms with van der Waals surface area (Å²) in [6.07, 6.45) is 0. The van der Waals surface area contributed by atoms with Crippen molar-refractivity contribution < 1.29 is 9.84 Å². The molecule has 2 aromatic rings. The molecule has 2 nitrogen and oxygen atoms in total. The zero-order valence-corrected chi connectivity index (χ0v) is 10.2. The molecule has 0 amide bonds. The van der Waals surface area contributed by atoms with Gasteiger partial charge in [0.1, 0.15) is 11.5 Å². The molecule has 0 saturated heterocycles. The van der Waals surface area contributed by atoms with E-state index in [1.165, 1.54) is 5.56 Å². The smallest absolute Gasteiger partial charge is 0.128 e. The fraction of sp³-hybridized carbons (Fsp3) is 0.143. The molecule has 2 aromatic carbocycles. The van der Waals surface area contributed by atoms with Gasteiger partial charge in [-0.1, -0.05) is 35.4 Å². The van der Waals surface area contributed by atoms with E-state index in [0.29, 0.717) is 16.3 Å². The standard InChI is InChI=1S/C14H13ClO2/c1-10-2-5-12(6-3-10)17-13-7-4-11(9-16)14(15)8-13/h2-8,16H,9H2,1H3. The Labute approximate surface area is 105 Å². The lowest BCUT2D eigenvalue weighted by molar-refractivity contribution is 0.282. The van der Waals surface area contributed by atoms with Crippen LogP contribution >= 0.6 is 11.6 Å². The molecule has 17 heavy (non-hydrogen) atoms. The average Bonchev–Trinajstić information content (AvgIpc) is 2.32. The Morgan fingerprint density at radius 1 is 1.06 bits per heavy atom. The molecule has 0 bridgehead atoms. The summed E-state index contributed by atoms with van der Waals surface area (Å²) in [4.78, 5) is 0. The van der Waals surface area contributed by atoms with Crippen LogP contribution in [0.3, 0.4) is 0 Å². The van der Waals surface area contributed by atoms with E-state index in [0.717, 1.165) is 5.75 Å². The number of aliphatic hydroxyl groups is 1. The van der Waals surface area contributed by atoms with Crippen LogP contribution in [0.15, 0.2) is 42.5 Å². The fourth-order valence-corrected chi connectivity index (χ4v) is 1.69. The monoisotopic (exact) mass is 248 g/mol. The number of aryl methyl sites for hydroxylation is 1. The summed E-state index contributed by atoms with van der Waals surface area (Å²) < 4.78 is 5.65. The van der Waals surface area contributed by atoms with Crippen LogP contribution < -0.4 is 4.74 Å². The molecule has 2 rings (SSSR count). The van der Waals surface area contributed by atoms with E-state index in [4.69, 9.17) is 21.4 Å². The largest absolute Gasteiger partial charge is 0.457 e. The SMILES string of the molecule is Cc1ccc(Oc2ccc(CO)c(Cl)c2)cc1. The molecule has 0 unspecified atom stereocenters. The van der Waals surface area contributed by atoms with Crippen molar-refractivity contribution in [2.24, 2.45) is 0 Å². The van der Waals surface area contributed by atoms with E-state index in [1.54, 1.807) is 18.2 Å². The molecular weight excluding hydrogens is 236 g/mol. The molecule has 0 heterocycles. The van der Waals surface area contributed by atoms with Crippen molar-refractivity contribution in [1.82, 2.24) is 0 Å². The molecule has 0 aliphatic rings. The van der Waals surface area contributed by atoms with Gasteiger partial charge in [-0.3, -0.25) is 0 Å². The Hall–Kier alpha value is -1.51. The van der Waals surface area contributed by atoms with Crippen LogP contribution in [-0.4, -0.2) is 5.11 Å². The Morgan fingerprint density at radius 3 is 2.29 bits per heavy atom. The van der Waals surface area contributed by atoms with E-state index in [2.05, 4.69) is 0 Å². The van der Waals surface area contributed by atoms with Gasteiger partial charge in [0.2, 0.25) is 0 Å². The second kappa shape index (κ2) is 5.21. The van der Waals surface area contributed by atoms with E-state index in [1.807, 2.05) is 31.2 Å². The van der Waals surface area contributed by atoms with E-state index >= 15 is 0 Å². The molecular formula is C14H13ClO2. The number of halogens is 1. The van der Waals surface area contributed by atoms with Gasteiger partial charge in [-0.25, -0.2) is 0 Å². The maximum absolute atomic E-state index is 9.00. The van der Waals surface area contributed by atoms with Crippen molar-refractivity contribution in [3.05, 3.63) is 58.6 Å². The summed E-state index contributed by atoms with van der Waals surface area (Å²) in [5.41, 5.74) is 1.88. The van der Waals surface area contributed by atoms with Crippen LogP contribution in [0.2, 0.25) is 5.02 Å². The third-order valence-electron chi connectivity index (χ3n) is 2.45. The molecule has 0 radical (unpaired) electrons. The molecule has 0 saturated carbocycles. The molecule has 3 heteroatoms. The molecule has 0 fully saturated rings. The molecule has 0 aliphatic heterocycles. The van der Waals surface area contributed by atoms with Crippen LogP contribution in [-0.2, 0) is 6.61 Å². The number of aliphatic hydroxyl groups excluding tert-OH is 1. The number of benzene rings is 2. The van der Waals surface area contributed by atoms with Gasteiger partial charge in [0.15, 0.2) is 0 Å². The lowest BCUT2D eigenvalue weighted by atomic mass is 10.2. The topological polar surface area (TPSA) is 29.5 Å². The molecule has 0 aromatic heterocycles. The Bertz CT molecular complexity index is 506. The van der Waals surface area contributed by atoms with Crippen LogP contribution in [0.4, 0.5) is 0 Å². The van der Waals surface area contributed by atoms with Gasteiger partial charge >= 0.3 is 0 Å². The summed E-state index contributed by atoms with van der Waals surface area (Å²) >= 11 is 5.98. The predicted molar refractivity (Wildman–Crippen MR) is 68.6 cm³/mol. The zero-order valence-electron chi connectivity index (χ0n) is 9.48. The zero-order chi connectivity index (χ0) is 12.3. The summed E-state index contributed by atoms with van der Waals surface area (Å²) in [5.74, 6) is 1.43. The maximum atomic E-state index is 9.00. The molecule has 0 atom stereocenters. The first-order chi connectivity index (χ1) is 8.19. The first-order valence-corrected chi connectivity index (χ1v) is 5.70. The third kappa shape index (κ3) is 2.99. The van der Waals surface area contributed by atoms with E-state index in [-0.39, 0.29) is 6.61 Å². The van der Waals surface area contributed by atoms with Gasteiger partial charge in [0.05, 0.1) is 6.61 Å². The minimum atomic E-state index is -0.0658. The van der Waals surface area contributed by atoms with Crippen molar-refractivity contribution in [3.8, 4) is 11.5 Å². The Balaban J connectivity index is 2.19. The van der Waals surface area contributed by atoms with E-state index in [9.17, 15) is 0 Å². The van der Waals surface area contributed by atoms with Crippen LogP contribution in [0, 0.1) is 6.92 Å². The molecule has 0 aliphatic carbocycles. The second-order valence-electron chi connectivity index (χ2n) is 3.83. The maximum Gasteiger partial charge on any atom is 0.128 e. The lowest BCUT2D eigenvalue weighted by Gasteiger charge is -2.07. The van der Waals surface area contributed by atoms with Crippen molar-refractivity contribution in [2.45, 2.75) is 13.5 Å². The number of rotatable bonds is 3. The normalized spacial score (nSPS) is 10.3. The Kier molecular flexibility index (Phi) is 3.67. The molecule has 1 N–H and O–H groups in total. The van der Waals surface area contributed by atoms with Crippen molar-refractivity contribution in [1.29, 1.82) is 0 Å². The van der Waals surface area contributed by atoms with Gasteiger partial charge in [0, 0.05) is 5.02 Å². The van der Waals surface area contributed by atoms with Gasteiger partial charge in [-0.2, -0.15) is 0 Å². The molecule has 88 valence electrons. The molecule has 0 spiro atoms. The summed E-state index contributed by atoms with van der Waals surface area (Å²) in [7, 11) is 0. The number of ether oxygens (including phenoxy) is 1. The summed E-state index contributed by atoms with van der Waals surface area (Å²) in [5, 5.41) is 9.52. The van der Waals surface area contributed by atoms with Crippen molar-refractivity contribution in [3.63, 3.8) is 0 Å². The quantitative estimate of drug-likeness (QED) is 0.892. The summed E-state index contributed by atoms with van der Waals surface area (Å²) in [6.45, 7) is 1.96. The minimum Gasteiger partial charge on any atom is -0.457 e. The van der Waals surface area contributed by atoms with Gasteiger partial charge in [0.25, 0.3) is 0 Å². The van der Waals surface area contributed by atoms with Gasteiger partial charge in [-0.05, 0) is 36.8 Å². The highest BCUT2D eigenvalue weighted by Gasteiger charge is 2.02. The minimum absolute atomic E-state index is 0.0658. The van der Waals surface area contributed by atoms with Crippen molar-refractivity contribution in [2.75, 3.05) is 0 Å². The number of hydrogen-bond donors (Lipinski definition) is 1. The number of hydrogen-bond acceptors (Lipinski definition) is 2.